The van der Waals surface area contributed by atoms with Crippen LogP contribution in [0, 0.1) is 12.3 Å². The minimum absolute atomic E-state index is 0.262. The lowest BCUT2D eigenvalue weighted by atomic mass is 9.94. The maximum absolute atomic E-state index is 12.2. The number of rotatable bonds is 1. The van der Waals surface area contributed by atoms with E-state index < -0.39 is 0 Å². The molecule has 1 aliphatic heterocycles. The fourth-order valence-corrected chi connectivity index (χ4v) is 2.62. The molecule has 0 aliphatic carbocycles. The van der Waals surface area contributed by atoms with Crippen LogP contribution in [0.5, 0.6) is 0 Å². The van der Waals surface area contributed by atoms with Gasteiger partial charge in [0.1, 0.15) is 0 Å². The normalized spacial score (nSPS) is 20.2. The standard InChI is InChI=1S/C16H23NO/c1-12-6-5-7-13(10-12)14-8-9-17(11-14)15(18)16(2,3)4/h5-7,10,14H,8-9,11H2,1-4H3. The fourth-order valence-electron chi connectivity index (χ4n) is 2.62. The van der Waals surface area contributed by atoms with E-state index >= 15 is 0 Å². The molecule has 1 aromatic carbocycles. The van der Waals surface area contributed by atoms with Crippen molar-refractivity contribution in [2.75, 3.05) is 13.1 Å². The number of carbonyl (C=O) groups is 1. The summed E-state index contributed by atoms with van der Waals surface area (Å²) in [6.07, 6.45) is 1.09. The molecule has 2 rings (SSSR count). The largest absolute Gasteiger partial charge is 0.342 e. The van der Waals surface area contributed by atoms with Crippen molar-refractivity contribution in [2.45, 2.75) is 40.0 Å². The summed E-state index contributed by atoms with van der Waals surface area (Å²) in [6.45, 7) is 9.88. The number of carbonyl (C=O) groups excluding carboxylic acids is 1. The molecule has 0 spiro atoms. The number of amides is 1. The van der Waals surface area contributed by atoms with Crippen LogP contribution in [0.15, 0.2) is 24.3 Å². The first kappa shape index (κ1) is 13.1. The van der Waals surface area contributed by atoms with Crippen LogP contribution in [-0.2, 0) is 4.79 Å². The first-order valence-corrected chi connectivity index (χ1v) is 6.74. The van der Waals surface area contributed by atoms with Crippen LogP contribution in [-0.4, -0.2) is 23.9 Å². The number of aryl methyl sites for hydroxylation is 1. The SMILES string of the molecule is Cc1cccc(C2CCN(C(=O)C(C)(C)C)C2)c1. The Bertz CT molecular complexity index is 445. The quantitative estimate of drug-likeness (QED) is 0.743. The molecule has 2 nitrogen and oxygen atoms in total. The number of likely N-dealkylation sites (tertiary alicyclic amines) is 1. The molecule has 0 saturated carbocycles. The summed E-state index contributed by atoms with van der Waals surface area (Å²) in [4.78, 5) is 14.3. The molecule has 18 heavy (non-hydrogen) atoms. The van der Waals surface area contributed by atoms with Crippen LogP contribution in [0.1, 0.15) is 44.2 Å². The third kappa shape index (κ3) is 2.74. The van der Waals surface area contributed by atoms with E-state index in [1.165, 1.54) is 11.1 Å². The highest BCUT2D eigenvalue weighted by atomic mass is 16.2. The van der Waals surface area contributed by atoms with Gasteiger partial charge in [-0.15, -0.1) is 0 Å². The van der Waals surface area contributed by atoms with Gasteiger partial charge in [0.2, 0.25) is 5.91 Å². The molecular formula is C16H23NO. The first-order chi connectivity index (χ1) is 8.38. The summed E-state index contributed by atoms with van der Waals surface area (Å²) in [5.41, 5.74) is 2.41. The van der Waals surface area contributed by atoms with E-state index in [9.17, 15) is 4.79 Å². The lowest BCUT2D eigenvalue weighted by Gasteiger charge is -2.25. The topological polar surface area (TPSA) is 20.3 Å². The molecule has 98 valence electrons. The molecule has 0 N–H and O–H groups in total. The average molecular weight is 245 g/mol. The third-order valence-electron chi connectivity index (χ3n) is 3.63. The summed E-state index contributed by atoms with van der Waals surface area (Å²) in [5.74, 6) is 0.786. The zero-order chi connectivity index (χ0) is 13.3. The zero-order valence-corrected chi connectivity index (χ0v) is 11.9. The summed E-state index contributed by atoms with van der Waals surface area (Å²) in [5, 5.41) is 0. The van der Waals surface area contributed by atoms with Gasteiger partial charge in [0.25, 0.3) is 0 Å². The molecule has 0 bridgehead atoms. The van der Waals surface area contributed by atoms with Crippen LogP contribution in [0.2, 0.25) is 0 Å². The van der Waals surface area contributed by atoms with E-state index in [4.69, 9.17) is 0 Å². The Kier molecular flexibility index (Phi) is 3.47. The Labute approximate surface area is 110 Å². The van der Waals surface area contributed by atoms with Gasteiger partial charge in [-0.3, -0.25) is 4.79 Å². The summed E-state index contributed by atoms with van der Waals surface area (Å²) in [7, 11) is 0. The molecule has 1 atom stereocenters. The number of benzene rings is 1. The molecule has 0 radical (unpaired) electrons. The van der Waals surface area contributed by atoms with Crippen LogP contribution in [0.3, 0.4) is 0 Å². The molecule has 1 amide bonds. The van der Waals surface area contributed by atoms with Crippen molar-refractivity contribution in [1.82, 2.24) is 4.90 Å². The smallest absolute Gasteiger partial charge is 0.227 e. The van der Waals surface area contributed by atoms with Crippen molar-refractivity contribution in [3.05, 3.63) is 35.4 Å². The fraction of sp³-hybridized carbons (Fsp3) is 0.562. The molecule has 1 saturated heterocycles. The van der Waals surface area contributed by atoms with Crippen LogP contribution < -0.4 is 0 Å². The predicted octanol–water partition coefficient (Wildman–Crippen LogP) is 3.36. The highest BCUT2D eigenvalue weighted by molar-refractivity contribution is 5.81. The van der Waals surface area contributed by atoms with Gasteiger partial charge in [-0.1, -0.05) is 50.6 Å². The summed E-state index contributed by atoms with van der Waals surface area (Å²) < 4.78 is 0. The van der Waals surface area contributed by atoms with Crippen molar-refractivity contribution in [1.29, 1.82) is 0 Å². The van der Waals surface area contributed by atoms with E-state index in [1.54, 1.807) is 0 Å². The Morgan fingerprint density at radius 2 is 2.06 bits per heavy atom. The van der Waals surface area contributed by atoms with E-state index in [1.807, 2.05) is 25.7 Å². The minimum Gasteiger partial charge on any atom is -0.342 e. The lowest BCUT2D eigenvalue weighted by molar-refractivity contribution is -0.138. The Hall–Kier alpha value is -1.31. The van der Waals surface area contributed by atoms with Gasteiger partial charge < -0.3 is 4.90 Å². The summed E-state index contributed by atoms with van der Waals surface area (Å²) >= 11 is 0. The van der Waals surface area contributed by atoms with Crippen molar-refractivity contribution >= 4 is 5.91 Å². The average Bonchev–Trinajstić information content (AvgIpc) is 2.75. The molecule has 1 aliphatic rings. The predicted molar refractivity (Wildman–Crippen MR) is 74.6 cm³/mol. The lowest BCUT2D eigenvalue weighted by Crippen LogP contribution is -2.37. The summed E-state index contributed by atoms with van der Waals surface area (Å²) in [6, 6.07) is 8.66. The second kappa shape index (κ2) is 4.75. The highest BCUT2D eigenvalue weighted by Gasteiger charge is 2.33. The molecule has 2 heteroatoms. The Morgan fingerprint density at radius 3 is 2.67 bits per heavy atom. The van der Waals surface area contributed by atoms with Crippen molar-refractivity contribution < 1.29 is 4.79 Å². The number of nitrogens with zero attached hydrogens (tertiary/aromatic N) is 1. The molecule has 1 fully saturated rings. The van der Waals surface area contributed by atoms with Crippen LogP contribution in [0.25, 0.3) is 0 Å². The monoisotopic (exact) mass is 245 g/mol. The number of hydrogen-bond donors (Lipinski definition) is 0. The van der Waals surface area contributed by atoms with Gasteiger partial charge in [-0.2, -0.15) is 0 Å². The van der Waals surface area contributed by atoms with Crippen LogP contribution in [0.4, 0.5) is 0 Å². The van der Waals surface area contributed by atoms with Gasteiger partial charge in [-0.05, 0) is 18.9 Å². The highest BCUT2D eigenvalue weighted by Crippen LogP contribution is 2.30. The molecule has 0 aromatic heterocycles. The van der Waals surface area contributed by atoms with Gasteiger partial charge in [0.15, 0.2) is 0 Å². The zero-order valence-electron chi connectivity index (χ0n) is 11.9. The Balaban J connectivity index is 2.07. The molecule has 1 heterocycles. The maximum Gasteiger partial charge on any atom is 0.227 e. The second-order valence-electron chi connectivity index (χ2n) is 6.40. The first-order valence-electron chi connectivity index (χ1n) is 6.74. The van der Waals surface area contributed by atoms with Gasteiger partial charge >= 0.3 is 0 Å². The van der Waals surface area contributed by atoms with Crippen molar-refractivity contribution in [3.63, 3.8) is 0 Å². The Morgan fingerprint density at radius 1 is 1.33 bits per heavy atom. The van der Waals surface area contributed by atoms with Gasteiger partial charge in [0, 0.05) is 24.4 Å². The third-order valence-corrected chi connectivity index (χ3v) is 3.63. The van der Waals surface area contributed by atoms with Gasteiger partial charge in [0.05, 0.1) is 0 Å². The van der Waals surface area contributed by atoms with E-state index in [0.717, 1.165) is 19.5 Å². The van der Waals surface area contributed by atoms with Crippen molar-refractivity contribution in [3.8, 4) is 0 Å². The van der Waals surface area contributed by atoms with Crippen LogP contribution >= 0.6 is 0 Å². The number of hydrogen-bond acceptors (Lipinski definition) is 1. The van der Waals surface area contributed by atoms with Gasteiger partial charge in [-0.25, -0.2) is 0 Å². The minimum atomic E-state index is -0.262. The van der Waals surface area contributed by atoms with Crippen molar-refractivity contribution in [2.24, 2.45) is 5.41 Å². The molecular weight excluding hydrogens is 222 g/mol. The maximum atomic E-state index is 12.2. The van der Waals surface area contributed by atoms with E-state index in [0.29, 0.717) is 5.92 Å². The molecule has 1 unspecified atom stereocenters. The second-order valence-corrected chi connectivity index (χ2v) is 6.40. The van der Waals surface area contributed by atoms with E-state index in [2.05, 4.69) is 31.2 Å². The molecule has 1 aromatic rings. The van der Waals surface area contributed by atoms with E-state index in [-0.39, 0.29) is 11.3 Å².